The van der Waals surface area contributed by atoms with Crippen molar-refractivity contribution in [2.75, 3.05) is 26.2 Å². The quantitative estimate of drug-likeness (QED) is 0.414. The van der Waals surface area contributed by atoms with E-state index in [0.717, 1.165) is 12.2 Å². The van der Waals surface area contributed by atoms with Gasteiger partial charge in [0.25, 0.3) is 0 Å². The summed E-state index contributed by atoms with van der Waals surface area (Å²) in [5.74, 6) is 0.882. The van der Waals surface area contributed by atoms with Crippen LogP contribution in [0.15, 0.2) is 24.3 Å². The molecule has 1 rings (SSSR count). The molecule has 0 aromatic heterocycles. The van der Waals surface area contributed by atoms with Gasteiger partial charge >= 0.3 is 0 Å². The van der Waals surface area contributed by atoms with Gasteiger partial charge in [0.1, 0.15) is 5.75 Å². The van der Waals surface area contributed by atoms with Crippen LogP contribution in [0, 0.1) is 12.1 Å². The molecule has 0 saturated heterocycles. The van der Waals surface area contributed by atoms with Crippen LogP contribution in [-0.4, -0.2) is 30.9 Å². The van der Waals surface area contributed by atoms with Gasteiger partial charge in [0.15, 0.2) is 0 Å². The number of nitrogens with zero attached hydrogens (tertiary/aromatic N) is 1. The largest absolute Gasteiger partial charge is 0.633 e. The number of hydroxylamine groups is 3. The molecule has 3 heteroatoms. The lowest BCUT2D eigenvalue weighted by atomic mass is 10.2. The molecule has 1 aromatic rings. The number of aryl methyl sites for hydroxylation is 1. The van der Waals surface area contributed by atoms with Crippen molar-refractivity contribution >= 4 is 0 Å². The molecular weight excluding hydrogens is 214 g/mol. The van der Waals surface area contributed by atoms with Crippen molar-refractivity contribution in [3.63, 3.8) is 0 Å². The van der Waals surface area contributed by atoms with Crippen LogP contribution >= 0.6 is 0 Å². The molecule has 3 nitrogen and oxygen atoms in total. The molecule has 0 aliphatic heterocycles. The van der Waals surface area contributed by atoms with Gasteiger partial charge in [0.2, 0.25) is 0 Å². The Bertz CT molecular complexity index is 317. The first-order valence-corrected chi connectivity index (χ1v) is 6.36. The fourth-order valence-corrected chi connectivity index (χ4v) is 1.72. The Labute approximate surface area is 104 Å². The lowest BCUT2D eigenvalue weighted by Crippen LogP contribution is -2.42. The van der Waals surface area contributed by atoms with E-state index in [1.807, 2.05) is 38.1 Å². The second-order valence-corrected chi connectivity index (χ2v) is 4.43. The van der Waals surface area contributed by atoms with Crippen LogP contribution in [0.5, 0.6) is 5.75 Å². The fraction of sp³-hybridized carbons (Fsp3) is 0.571. The average molecular weight is 237 g/mol. The van der Waals surface area contributed by atoms with E-state index < -0.39 is 0 Å². The highest BCUT2D eigenvalue weighted by atomic mass is 16.5. The number of hydrogen-bond acceptors (Lipinski definition) is 2. The fourth-order valence-electron chi connectivity index (χ4n) is 1.72. The van der Waals surface area contributed by atoms with Crippen molar-refractivity contribution in [1.29, 1.82) is 0 Å². The third kappa shape index (κ3) is 4.75. The van der Waals surface area contributed by atoms with Crippen LogP contribution in [0.25, 0.3) is 0 Å². The first kappa shape index (κ1) is 14.0. The van der Waals surface area contributed by atoms with Gasteiger partial charge in [-0.3, -0.25) is 0 Å². The van der Waals surface area contributed by atoms with Gasteiger partial charge in [-0.25, -0.2) is 0 Å². The topological polar surface area (TPSA) is 32.3 Å². The Morgan fingerprint density at radius 1 is 1.12 bits per heavy atom. The Balaban J connectivity index is 2.26. The molecule has 0 spiro atoms. The first-order valence-electron chi connectivity index (χ1n) is 6.36. The van der Waals surface area contributed by atoms with Crippen LogP contribution in [0.3, 0.4) is 0 Å². The molecule has 0 aliphatic rings. The highest BCUT2D eigenvalue weighted by molar-refractivity contribution is 5.26. The number of benzene rings is 1. The summed E-state index contributed by atoms with van der Waals surface area (Å²) in [6.45, 7) is 8.47. The van der Waals surface area contributed by atoms with Crippen molar-refractivity contribution in [3.05, 3.63) is 35.0 Å². The number of rotatable bonds is 7. The number of quaternary nitrogens is 1. The highest BCUT2D eigenvalue weighted by Crippen LogP contribution is 2.12. The van der Waals surface area contributed by atoms with E-state index in [1.54, 1.807) is 0 Å². The summed E-state index contributed by atoms with van der Waals surface area (Å²) >= 11 is 0. The first-order chi connectivity index (χ1) is 8.09. The van der Waals surface area contributed by atoms with Gasteiger partial charge in [0, 0.05) is 6.42 Å². The minimum absolute atomic E-state index is 0.114. The van der Waals surface area contributed by atoms with E-state index in [0.29, 0.717) is 26.2 Å². The third-order valence-electron chi connectivity index (χ3n) is 3.15. The van der Waals surface area contributed by atoms with Gasteiger partial charge in [-0.15, -0.1) is 0 Å². The maximum Gasteiger partial charge on any atom is 0.119 e. The molecule has 17 heavy (non-hydrogen) atoms. The van der Waals surface area contributed by atoms with Gasteiger partial charge < -0.3 is 14.6 Å². The minimum Gasteiger partial charge on any atom is -0.633 e. The average Bonchev–Trinajstić information content (AvgIpc) is 2.36. The molecule has 0 aliphatic carbocycles. The van der Waals surface area contributed by atoms with Gasteiger partial charge in [-0.05, 0) is 32.9 Å². The zero-order valence-corrected chi connectivity index (χ0v) is 11.1. The Morgan fingerprint density at radius 2 is 1.71 bits per heavy atom. The molecule has 0 radical (unpaired) electrons. The maximum atomic E-state index is 12.0. The zero-order valence-electron chi connectivity index (χ0n) is 11.1. The lowest BCUT2D eigenvalue weighted by molar-refractivity contribution is -0.877. The summed E-state index contributed by atoms with van der Waals surface area (Å²) in [5, 5.41) is 12.0. The van der Waals surface area contributed by atoms with E-state index in [4.69, 9.17) is 4.74 Å². The number of ether oxygens (including phenoxy) is 1. The van der Waals surface area contributed by atoms with Gasteiger partial charge in [-0.2, -0.15) is 0 Å². The Hall–Kier alpha value is -1.06. The van der Waals surface area contributed by atoms with Crippen LogP contribution in [0.1, 0.15) is 25.8 Å². The normalized spacial score (nSPS) is 11.5. The Morgan fingerprint density at radius 3 is 2.24 bits per heavy atom. The zero-order chi connectivity index (χ0) is 12.7. The van der Waals surface area contributed by atoms with Crippen LogP contribution in [-0.2, 0) is 0 Å². The van der Waals surface area contributed by atoms with Crippen molar-refractivity contribution < 1.29 is 9.38 Å². The molecule has 0 bridgehead atoms. The molecule has 96 valence electrons. The van der Waals surface area contributed by atoms with Crippen LogP contribution < -0.4 is 4.74 Å². The summed E-state index contributed by atoms with van der Waals surface area (Å²) in [5.41, 5.74) is 1.23. The number of hydrogen-bond donors (Lipinski definition) is 0. The second kappa shape index (κ2) is 6.62. The van der Waals surface area contributed by atoms with Crippen molar-refractivity contribution in [1.82, 2.24) is 0 Å². The molecule has 0 amide bonds. The lowest BCUT2D eigenvalue weighted by Gasteiger charge is -2.41. The van der Waals surface area contributed by atoms with E-state index in [9.17, 15) is 5.21 Å². The third-order valence-corrected chi connectivity index (χ3v) is 3.15. The van der Waals surface area contributed by atoms with E-state index >= 15 is 0 Å². The van der Waals surface area contributed by atoms with Crippen LogP contribution in [0.2, 0.25) is 0 Å². The summed E-state index contributed by atoms with van der Waals surface area (Å²) < 4.78 is 5.48. The van der Waals surface area contributed by atoms with E-state index in [1.165, 1.54) is 5.56 Å². The SMILES string of the molecule is CC[N+]([O-])(CC)CCCOc1ccc(C)cc1. The monoisotopic (exact) mass is 237 g/mol. The van der Waals surface area contributed by atoms with Crippen molar-refractivity contribution in [2.24, 2.45) is 0 Å². The smallest absolute Gasteiger partial charge is 0.119 e. The van der Waals surface area contributed by atoms with Crippen LogP contribution in [0.4, 0.5) is 0 Å². The summed E-state index contributed by atoms with van der Waals surface area (Å²) in [6, 6.07) is 7.99. The maximum absolute atomic E-state index is 12.0. The standard InChI is InChI=1S/C14H23NO2/c1-4-15(16,5-2)11-6-12-17-14-9-7-13(3)8-10-14/h7-10H,4-6,11-12H2,1-3H3. The molecule has 1 aromatic carbocycles. The molecule has 0 fully saturated rings. The molecule has 0 atom stereocenters. The Kier molecular flexibility index (Phi) is 5.45. The summed E-state index contributed by atoms with van der Waals surface area (Å²) in [7, 11) is 0. The molecular formula is C14H23NO2. The highest BCUT2D eigenvalue weighted by Gasteiger charge is 2.10. The summed E-state index contributed by atoms with van der Waals surface area (Å²) in [6.07, 6.45) is 0.805. The van der Waals surface area contributed by atoms with Gasteiger partial charge in [-0.1, -0.05) is 17.7 Å². The molecule has 0 unspecified atom stereocenters. The predicted octanol–water partition coefficient (Wildman–Crippen LogP) is 3.12. The van der Waals surface area contributed by atoms with Crippen molar-refractivity contribution in [2.45, 2.75) is 27.2 Å². The van der Waals surface area contributed by atoms with E-state index in [-0.39, 0.29) is 4.65 Å². The van der Waals surface area contributed by atoms with Gasteiger partial charge in [0.05, 0.1) is 26.2 Å². The van der Waals surface area contributed by atoms with E-state index in [2.05, 4.69) is 6.92 Å². The minimum atomic E-state index is -0.114. The predicted molar refractivity (Wildman–Crippen MR) is 70.9 cm³/mol. The van der Waals surface area contributed by atoms with Crippen molar-refractivity contribution in [3.8, 4) is 5.75 Å². The molecule has 0 N–H and O–H groups in total. The molecule has 0 saturated carbocycles. The second-order valence-electron chi connectivity index (χ2n) is 4.43. The molecule has 0 heterocycles. The summed E-state index contributed by atoms with van der Waals surface area (Å²) in [4.78, 5) is 0.